The first-order valence-electron chi connectivity index (χ1n) is 21.9. The number of methoxy groups -OCH3 is 1. The van der Waals surface area contributed by atoms with Crippen LogP contribution in [0, 0.1) is 23.0 Å². The van der Waals surface area contributed by atoms with E-state index in [1.54, 1.807) is 50.9 Å². The number of rotatable bonds is 13. The third-order valence-corrected chi connectivity index (χ3v) is 14.8. The van der Waals surface area contributed by atoms with Crippen LogP contribution in [0.2, 0.25) is 0 Å². The van der Waals surface area contributed by atoms with E-state index in [0.717, 1.165) is 75.5 Å². The van der Waals surface area contributed by atoms with Crippen molar-refractivity contribution < 1.29 is 27.7 Å². The van der Waals surface area contributed by atoms with Gasteiger partial charge in [-0.1, -0.05) is 6.92 Å². The lowest BCUT2D eigenvalue weighted by atomic mass is 9.89. The molecule has 3 N–H and O–H groups in total. The number of ether oxygens (including phenoxy) is 1. The van der Waals surface area contributed by atoms with Crippen molar-refractivity contribution in [3.8, 4) is 11.8 Å². The first kappa shape index (κ1) is 46.0. The maximum Gasteiger partial charge on any atom is 0.234 e. The van der Waals surface area contributed by atoms with E-state index in [9.17, 15) is 19.4 Å². The van der Waals surface area contributed by atoms with Gasteiger partial charge in [-0.2, -0.15) is 10.2 Å². The summed E-state index contributed by atoms with van der Waals surface area (Å²) >= 11 is 3.58. The number of fused-ring (bicyclic) bond motifs is 1. The van der Waals surface area contributed by atoms with Gasteiger partial charge in [0.05, 0.1) is 34.4 Å². The van der Waals surface area contributed by atoms with Crippen LogP contribution in [0.4, 0.5) is 37.6 Å². The second-order valence-corrected chi connectivity index (χ2v) is 21.2. The molecule has 5 aromatic rings. The minimum atomic E-state index is -2.83. The molecule has 2 aromatic heterocycles. The van der Waals surface area contributed by atoms with Gasteiger partial charge in [-0.25, -0.2) is 18.7 Å². The molecule has 3 aliphatic rings. The number of aryl methyl sites for hydroxylation is 1. The Balaban J connectivity index is 0.875. The lowest BCUT2D eigenvalue weighted by molar-refractivity contribution is -0.134. The highest BCUT2D eigenvalue weighted by Crippen LogP contribution is 2.42. The van der Waals surface area contributed by atoms with E-state index in [4.69, 9.17) is 9.72 Å². The molecule has 14 nitrogen and oxygen atoms in total. The molecule has 5 heterocycles. The Morgan fingerprint density at radius 1 is 0.954 bits per heavy atom. The number of anilines is 5. The predicted octanol–water partition coefficient (Wildman–Crippen LogP) is 7.59. The second kappa shape index (κ2) is 19.5. The summed E-state index contributed by atoms with van der Waals surface area (Å²) in [5.74, 6) is -2.08. The van der Waals surface area contributed by atoms with E-state index in [-0.39, 0.29) is 24.1 Å². The molecule has 3 aliphatic heterocycles. The summed E-state index contributed by atoms with van der Waals surface area (Å²) in [5, 5.41) is 19.6. The van der Waals surface area contributed by atoms with Gasteiger partial charge < -0.3 is 29.7 Å². The van der Waals surface area contributed by atoms with Gasteiger partial charge in [-0.05, 0) is 115 Å². The lowest BCUT2D eigenvalue weighted by Crippen LogP contribution is -2.53. The van der Waals surface area contributed by atoms with Gasteiger partial charge >= 0.3 is 0 Å². The van der Waals surface area contributed by atoms with Crippen LogP contribution >= 0.6 is 23.1 Å². The number of pyridine rings is 1. The molecule has 0 aliphatic carbocycles. The smallest absolute Gasteiger partial charge is 0.234 e. The second-order valence-electron chi connectivity index (χ2n) is 17.2. The van der Waals surface area contributed by atoms with Crippen molar-refractivity contribution in [3.05, 3.63) is 93.2 Å². The van der Waals surface area contributed by atoms with Crippen molar-refractivity contribution in [1.82, 2.24) is 30.1 Å². The number of halogens is 3. The topological polar surface area (TPSA) is 169 Å². The molecule has 65 heavy (non-hydrogen) atoms. The number of piperazine rings is 1. The van der Waals surface area contributed by atoms with Gasteiger partial charge in [-0.3, -0.25) is 19.8 Å². The minimum Gasteiger partial charge on any atom is -0.494 e. The molecule has 18 heteroatoms. The van der Waals surface area contributed by atoms with Gasteiger partial charge in [0.2, 0.25) is 17.8 Å². The summed E-state index contributed by atoms with van der Waals surface area (Å²) in [5.41, 5.74) is 4.81. The predicted molar refractivity (Wildman–Crippen MR) is 253 cm³/mol. The number of piperidine rings is 2. The Labute approximate surface area is 385 Å². The highest BCUT2D eigenvalue weighted by Gasteiger charge is 2.33. The summed E-state index contributed by atoms with van der Waals surface area (Å²) in [4.78, 5) is 44.9. The van der Waals surface area contributed by atoms with Crippen molar-refractivity contribution >= 4 is 79.9 Å². The van der Waals surface area contributed by atoms with E-state index >= 15 is 8.78 Å². The molecule has 0 spiro atoms. The van der Waals surface area contributed by atoms with Crippen LogP contribution in [0.25, 0.3) is 10.9 Å². The lowest BCUT2D eigenvalue weighted by Gasteiger charge is -2.43. The number of nitrogens with one attached hydrogen (secondary N) is 3. The van der Waals surface area contributed by atoms with Crippen molar-refractivity contribution in [3.63, 3.8) is 0 Å². The number of hydrogen-bond donors (Lipinski definition) is 3. The summed E-state index contributed by atoms with van der Waals surface area (Å²) in [6.07, 6.45) is 5.15. The molecular formula is C47H52BrF2N10O4P. The van der Waals surface area contributed by atoms with Crippen LogP contribution in [-0.2, 0) is 27.0 Å². The van der Waals surface area contributed by atoms with Crippen LogP contribution in [0.15, 0.2) is 59.2 Å². The highest BCUT2D eigenvalue weighted by atomic mass is 79.9. The number of benzene rings is 3. The molecule has 1 atom stereocenters. The Morgan fingerprint density at radius 3 is 2.35 bits per heavy atom. The minimum absolute atomic E-state index is 0.0601. The number of imide groups is 1. The monoisotopic (exact) mass is 968 g/mol. The summed E-state index contributed by atoms with van der Waals surface area (Å²) < 4.78 is 50.4. The van der Waals surface area contributed by atoms with Crippen molar-refractivity contribution in [2.24, 2.45) is 0 Å². The average Bonchev–Trinajstić information content (AvgIpc) is 3.29. The first-order chi connectivity index (χ1) is 31.2. The number of carbonyl (C=O) groups is 2. The largest absolute Gasteiger partial charge is 0.494 e. The fourth-order valence-corrected chi connectivity index (χ4v) is 11.1. The zero-order valence-corrected chi connectivity index (χ0v) is 39.4. The summed E-state index contributed by atoms with van der Waals surface area (Å²) in [6.45, 7) is 11.6. The molecule has 3 aromatic carbocycles. The van der Waals surface area contributed by atoms with Gasteiger partial charge in [0, 0.05) is 92.5 Å². The maximum atomic E-state index is 15.1. The standard InChI is InChI=1S/C47H52BrF2N10O4P/c1-5-29-24-39(55-47-52-27-34(48)45(57-47)54-38-10-9-37-32(44(38)65(3,4)63)7-6-30(26-51)53-37)41(64-2)25-40(29)60-16-13-31(14-17-60)59-20-18-58(19-21-59)15-12-28-22-35(49)43(36(50)23-28)33-8-11-42(61)56-46(33)62/h6-7,9-10,22-25,27,31,33H,5,8,11-21H2,1-4H3,(H,56,61,62)(H2,52,54,55,57)/t33-/m1/s1. The number of hydrogen-bond acceptors (Lipinski definition) is 13. The molecular weight excluding hydrogens is 917 g/mol. The maximum absolute atomic E-state index is 15.1. The van der Waals surface area contributed by atoms with Crippen LogP contribution in [0.1, 0.15) is 60.9 Å². The Bertz CT molecular complexity index is 2710. The van der Waals surface area contributed by atoms with Crippen molar-refractivity contribution in [1.29, 1.82) is 5.26 Å². The normalized spacial score (nSPS) is 17.8. The summed E-state index contributed by atoms with van der Waals surface area (Å²) in [6, 6.07) is 16.4. The Morgan fingerprint density at radius 2 is 1.69 bits per heavy atom. The number of aromatic nitrogens is 3. The number of nitrogens with zero attached hydrogens (tertiary/aromatic N) is 7. The molecule has 0 saturated carbocycles. The molecule has 8 rings (SSSR count). The van der Waals surface area contributed by atoms with Gasteiger partial charge in [0.1, 0.15) is 42.1 Å². The quantitative estimate of drug-likeness (QED) is 0.0781. The van der Waals surface area contributed by atoms with Crippen molar-refractivity contribution in [2.45, 2.75) is 57.4 Å². The molecule has 0 unspecified atom stereocenters. The fraction of sp³-hybridized carbons (Fsp3) is 0.404. The average molecular weight is 970 g/mol. The van der Waals surface area contributed by atoms with E-state index in [1.165, 1.54) is 12.1 Å². The summed E-state index contributed by atoms with van der Waals surface area (Å²) in [7, 11) is -1.18. The fourth-order valence-electron chi connectivity index (χ4n) is 9.35. The van der Waals surface area contributed by atoms with Crippen molar-refractivity contribution in [2.75, 3.05) is 81.8 Å². The number of nitriles is 1. The molecule has 0 bridgehead atoms. The molecule has 0 radical (unpaired) electrons. The van der Waals surface area contributed by atoms with E-state index in [2.05, 4.69) is 81.7 Å². The van der Waals surface area contributed by atoms with Gasteiger partial charge in [-0.15, -0.1) is 0 Å². The molecule has 3 fully saturated rings. The zero-order chi connectivity index (χ0) is 46.0. The zero-order valence-electron chi connectivity index (χ0n) is 36.9. The third kappa shape index (κ3) is 10.2. The highest BCUT2D eigenvalue weighted by molar-refractivity contribution is 9.10. The first-order valence-corrected chi connectivity index (χ1v) is 25.3. The Kier molecular flexibility index (Phi) is 13.8. The molecule has 3 saturated heterocycles. The van der Waals surface area contributed by atoms with Crippen LogP contribution < -0.4 is 30.9 Å². The van der Waals surface area contributed by atoms with Crippen LogP contribution in [0.5, 0.6) is 5.75 Å². The van der Waals surface area contributed by atoms with Gasteiger partial charge in [0.15, 0.2) is 0 Å². The Hall–Kier alpha value is -5.53. The van der Waals surface area contributed by atoms with Crippen LogP contribution in [0.3, 0.4) is 0 Å². The van der Waals surface area contributed by atoms with Crippen LogP contribution in [-0.4, -0.2) is 109 Å². The number of amides is 2. The molecule has 340 valence electrons. The third-order valence-electron chi connectivity index (χ3n) is 12.7. The van der Waals surface area contributed by atoms with Gasteiger partial charge in [0.25, 0.3) is 0 Å². The molecule has 2 amide bonds. The number of carbonyl (C=O) groups excluding carboxylic acids is 2. The van der Waals surface area contributed by atoms with E-state index in [1.807, 2.05) is 0 Å². The van der Waals surface area contributed by atoms with E-state index < -0.39 is 36.5 Å². The SMILES string of the molecule is CCc1cc(Nc2ncc(Br)c(Nc3ccc4nc(C#N)ccc4c3P(C)(C)=O)n2)c(OC)cc1N1CCC(N2CCN(CCc3cc(F)c([C@H]4CCC(=O)NC4=O)c(F)c3)CC2)CC1. The van der Waals surface area contributed by atoms with E-state index in [0.29, 0.717) is 68.5 Å².